The molecule has 24 heavy (non-hydrogen) atoms. The molecule has 0 unspecified atom stereocenters. The van der Waals surface area contributed by atoms with Gasteiger partial charge in [-0.1, -0.05) is 0 Å². The average molecular weight is 345 g/mol. The summed E-state index contributed by atoms with van der Waals surface area (Å²) >= 11 is 0. The van der Waals surface area contributed by atoms with Gasteiger partial charge in [-0.2, -0.15) is 13.2 Å². The topological polar surface area (TPSA) is 54.5 Å². The first-order valence-electron chi connectivity index (χ1n) is 7.64. The molecular weight excluding hydrogens is 323 g/mol. The smallest absolute Gasteiger partial charge is 0.359 e. The number of urea groups is 1. The van der Waals surface area contributed by atoms with Crippen LogP contribution in [0.4, 0.5) is 23.7 Å². The van der Waals surface area contributed by atoms with Crippen LogP contribution in [0.3, 0.4) is 0 Å². The molecule has 5 nitrogen and oxygen atoms in total. The summed E-state index contributed by atoms with van der Waals surface area (Å²) in [5.41, 5.74) is 1.70. The van der Waals surface area contributed by atoms with Crippen molar-refractivity contribution in [1.82, 2.24) is 9.88 Å². The Morgan fingerprint density at radius 2 is 2.00 bits per heavy atom. The van der Waals surface area contributed by atoms with Gasteiger partial charge in [-0.3, -0.25) is 4.98 Å². The highest BCUT2D eigenvalue weighted by Crippen LogP contribution is 2.32. The van der Waals surface area contributed by atoms with Gasteiger partial charge in [0, 0.05) is 5.69 Å². The van der Waals surface area contributed by atoms with Crippen LogP contribution in [0.15, 0.2) is 6.07 Å². The van der Waals surface area contributed by atoms with E-state index in [-0.39, 0.29) is 6.54 Å². The minimum atomic E-state index is -4.52. The van der Waals surface area contributed by atoms with Crippen LogP contribution in [0.1, 0.15) is 30.8 Å². The molecule has 8 heteroatoms. The predicted molar refractivity (Wildman–Crippen MR) is 84.0 cm³/mol. The molecule has 1 aromatic heterocycles. The van der Waals surface area contributed by atoms with Gasteiger partial charge < -0.3 is 15.0 Å². The molecule has 134 valence electrons. The number of anilines is 1. The number of alkyl halides is 3. The lowest BCUT2D eigenvalue weighted by atomic mass is 10.1. The maximum Gasteiger partial charge on any atom is 0.416 e. The van der Waals surface area contributed by atoms with E-state index in [1.165, 1.54) is 13.8 Å². The van der Waals surface area contributed by atoms with Crippen molar-refractivity contribution in [2.75, 3.05) is 18.4 Å². The van der Waals surface area contributed by atoms with Crippen LogP contribution in [-0.2, 0) is 4.74 Å². The van der Waals surface area contributed by atoms with E-state index < -0.39 is 30.5 Å². The SMILES string of the molecule is Cc1cc(C)c(NC(=O)N2C[C@@H](C(F)(F)F)OC(C)(C)C2)c(C)n1. The molecule has 1 aliphatic heterocycles. The Kier molecular flexibility index (Phi) is 4.81. The van der Waals surface area contributed by atoms with E-state index >= 15 is 0 Å². The van der Waals surface area contributed by atoms with Crippen LogP contribution in [0, 0.1) is 20.8 Å². The molecule has 1 N–H and O–H groups in total. The number of carbonyl (C=O) groups excluding carboxylic acids is 1. The first kappa shape index (κ1) is 18.5. The molecular formula is C16H22F3N3O2. The highest BCUT2D eigenvalue weighted by atomic mass is 19.4. The number of ether oxygens (including phenoxy) is 1. The number of nitrogens with one attached hydrogen (secondary N) is 1. The molecule has 2 rings (SSSR count). The van der Waals surface area contributed by atoms with E-state index in [0.29, 0.717) is 11.4 Å². The monoisotopic (exact) mass is 345 g/mol. The number of hydrogen-bond acceptors (Lipinski definition) is 3. The number of rotatable bonds is 1. The Hall–Kier alpha value is -1.83. The molecule has 2 amide bonds. The lowest BCUT2D eigenvalue weighted by Gasteiger charge is -2.43. The van der Waals surface area contributed by atoms with Gasteiger partial charge in [-0.15, -0.1) is 0 Å². The summed E-state index contributed by atoms with van der Waals surface area (Å²) in [6, 6.07) is 1.22. The summed E-state index contributed by atoms with van der Waals surface area (Å²) in [6.07, 6.45) is -6.52. The minimum absolute atomic E-state index is 0.0722. The molecule has 0 spiro atoms. The van der Waals surface area contributed by atoms with E-state index in [1.807, 2.05) is 19.9 Å². The zero-order valence-electron chi connectivity index (χ0n) is 14.4. The Morgan fingerprint density at radius 1 is 1.38 bits per heavy atom. The summed E-state index contributed by atoms with van der Waals surface area (Å²) in [4.78, 5) is 17.9. The summed E-state index contributed by atoms with van der Waals surface area (Å²) in [7, 11) is 0. The first-order chi connectivity index (χ1) is 10.9. The van der Waals surface area contributed by atoms with Gasteiger partial charge in [0.2, 0.25) is 0 Å². The molecule has 0 aromatic carbocycles. The van der Waals surface area contributed by atoms with Crippen LogP contribution in [0.25, 0.3) is 0 Å². The fraction of sp³-hybridized carbons (Fsp3) is 0.625. The van der Waals surface area contributed by atoms with Gasteiger partial charge in [0.1, 0.15) is 0 Å². The largest absolute Gasteiger partial charge is 0.416 e. The summed E-state index contributed by atoms with van der Waals surface area (Å²) in [5.74, 6) is 0. The van der Waals surface area contributed by atoms with Gasteiger partial charge in [-0.25, -0.2) is 4.79 Å². The third-order valence-corrected chi connectivity index (χ3v) is 3.83. The van der Waals surface area contributed by atoms with Crippen molar-refractivity contribution in [3.05, 3.63) is 23.0 Å². The van der Waals surface area contributed by atoms with E-state index in [0.717, 1.165) is 16.2 Å². The highest BCUT2D eigenvalue weighted by molar-refractivity contribution is 5.91. The minimum Gasteiger partial charge on any atom is -0.359 e. The maximum atomic E-state index is 13.0. The van der Waals surface area contributed by atoms with Crippen LogP contribution in [0.2, 0.25) is 0 Å². The second kappa shape index (κ2) is 6.23. The molecule has 0 aliphatic carbocycles. The van der Waals surface area contributed by atoms with Crippen molar-refractivity contribution in [3.8, 4) is 0 Å². The molecule has 1 atom stereocenters. The Balaban J connectivity index is 2.20. The van der Waals surface area contributed by atoms with Crippen molar-refractivity contribution >= 4 is 11.7 Å². The Morgan fingerprint density at radius 3 is 2.54 bits per heavy atom. The summed E-state index contributed by atoms with van der Waals surface area (Å²) < 4.78 is 44.2. The number of aromatic nitrogens is 1. The Labute approximate surface area is 139 Å². The third kappa shape index (κ3) is 4.17. The van der Waals surface area contributed by atoms with Gasteiger partial charge in [-0.05, 0) is 46.2 Å². The number of nitrogens with zero attached hydrogens (tertiary/aromatic N) is 2. The number of amides is 2. The molecule has 1 aliphatic rings. The number of pyridine rings is 1. The average Bonchev–Trinajstić information content (AvgIpc) is 2.39. The summed E-state index contributed by atoms with van der Waals surface area (Å²) in [6.45, 7) is 8.02. The highest BCUT2D eigenvalue weighted by Gasteiger charge is 2.49. The predicted octanol–water partition coefficient (Wildman–Crippen LogP) is 3.58. The van der Waals surface area contributed by atoms with Crippen molar-refractivity contribution in [3.63, 3.8) is 0 Å². The zero-order valence-corrected chi connectivity index (χ0v) is 14.4. The Bertz CT molecular complexity index is 621. The normalized spacial score (nSPS) is 20.8. The molecule has 1 saturated heterocycles. The molecule has 0 saturated carbocycles. The lowest BCUT2D eigenvalue weighted by Crippen LogP contribution is -2.59. The zero-order chi connectivity index (χ0) is 18.3. The van der Waals surface area contributed by atoms with E-state index in [4.69, 9.17) is 4.74 Å². The molecule has 0 radical (unpaired) electrons. The fourth-order valence-corrected chi connectivity index (χ4v) is 2.91. The quantitative estimate of drug-likeness (QED) is 0.846. The maximum absolute atomic E-state index is 13.0. The standard InChI is InChI=1S/C16H22F3N3O2/c1-9-6-10(2)20-11(3)13(9)21-14(23)22-7-12(16(17,18)19)24-15(4,5)8-22/h6,12H,7-8H2,1-5H3,(H,21,23)/t12-/m0/s1. The van der Waals surface area contributed by atoms with Crippen LogP contribution < -0.4 is 5.32 Å². The lowest BCUT2D eigenvalue weighted by molar-refractivity contribution is -0.267. The van der Waals surface area contributed by atoms with Crippen LogP contribution in [0.5, 0.6) is 0 Å². The van der Waals surface area contributed by atoms with Crippen molar-refractivity contribution in [2.24, 2.45) is 0 Å². The van der Waals surface area contributed by atoms with Gasteiger partial charge in [0.15, 0.2) is 6.10 Å². The first-order valence-corrected chi connectivity index (χ1v) is 7.64. The second-order valence-electron chi connectivity index (χ2n) is 6.76. The summed E-state index contributed by atoms with van der Waals surface area (Å²) in [5, 5.41) is 2.69. The van der Waals surface area contributed by atoms with Gasteiger partial charge >= 0.3 is 12.2 Å². The van der Waals surface area contributed by atoms with Gasteiger partial charge in [0.05, 0.1) is 30.1 Å². The van der Waals surface area contributed by atoms with Crippen LogP contribution in [-0.4, -0.2) is 46.9 Å². The second-order valence-corrected chi connectivity index (χ2v) is 6.76. The van der Waals surface area contributed by atoms with E-state index in [9.17, 15) is 18.0 Å². The number of carbonyl (C=O) groups is 1. The van der Waals surface area contributed by atoms with Crippen LogP contribution >= 0.6 is 0 Å². The number of halogens is 3. The molecule has 1 aromatic rings. The molecule has 0 bridgehead atoms. The number of hydrogen-bond donors (Lipinski definition) is 1. The number of morpholine rings is 1. The third-order valence-electron chi connectivity index (χ3n) is 3.83. The van der Waals surface area contributed by atoms with E-state index in [1.54, 1.807) is 6.92 Å². The van der Waals surface area contributed by atoms with E-state index in [2.05, 4.69) is 10.3 Å². The van der Waals surface area contributed by atoms with Crippen molar-refractivity contribution in [1.29, 1.82) is 0 Å². The molecule has 1 fully saturated rings. The molecule has 2 heterocycles. The van der Waals surface area contributed by atoms with Crippen molar-refractivity contribution < 1.29 is 22.7 Å². The fourth-order valence-electron chi connectivity index (χ4n) is 2.91. The van der Waals surface area contributed by atoms with Crippen molar-refractivity contribution in [2.45, 2.75) is 52.5 Å². The number of aryl methyl sites for hydroxylation is 3. The van der Waals surface area contributed by atoms with Gasteiger partial charge in [0.25, 0.3) is 0 Å².